The second kappa shape index (κ2) is 5.03. The first-order chi connectivity index (χ1) is 6.38. The van der Waals surface area contributed by atoms with Crippen molar-refractivity contribution in [3.8, 4) is 0 Å². The fourth-order valence-electron chi connectivity index (χ4n) is 1.85. The van der Waals surface area contributed by atoms with Crippen LogP contribution in [-0.4, -0.2) is 0 Å². The number of quaternary nitrogens is 1. The lowest BCUT2D eigenvalue weighted by Gasteiger charge is -2.18. The lowest BCUT2D eigenvalue weighted by molar-refractivity contribution is -0.429. The molecule has 0 fully saturated rings. The smallest absolute Gasteiger partial charge is 0.110 e. The molecule has 0 spiro atoms. The molecule has 1 atom stereocenters. The summed E-state index contributed by atoms with van der Waals surface area (Å²) in [5, 5.41) is 0. The van der Waals surface area contributed by atoms with Gasteiger partial charge in [0.05, 0.1) is 0 Å². The molecule has 1 aliphatic rings. The van der Waals surface area contributed by atoms with Crippen LogP contribution in [0.1, 0.15) is 43.9 Å². The summed E-state index contributed by atoms with van der Waals surface area (Å²) in [4.78, 5) is 0. The molecule has 0 aromatic heterocycles. The Labute approximate surface area is 81.0 Å². The molecular formula is C12H20N+. The molecule has 0 unspecified atom stereocenters. The van der Waals surface area contributed by atoms with Gasteiger partial charge in [-0.15, -0.1) is 0 Å². The molecule has 13 heavy (non-hydrogen) atoms. The SMILES string of the molecule is CC.[NH3+][C@@H]1CCCc2ccccc21. The monoisotopic (exact) mass is 178 g/mol. The van der Waals surface area contributed by atoms with Crippen molar-refractivity contribution in [2.24, 2.45) is 0 Å². The van der Waals surface area contributed by atoms with Crippen LogP contribution in [0.15, 0.2) is 24.3 Å². The molecule has 1 aromatic carbocycles. The molecule has 3 N–H and O–H groups in total. The summed E-state index contributed by atoms with van der Waals surface area (Å²) in [5.41, 5.74) is 7.12. The van der Waals surface area contributed by atoms with E-state index in [0.717, 1.165) is 0 Å². The number of benzene rings is 1. The summed E-state index contributed by atoms with van der Waals surface area (Å²) in [7, 11) is 0. The Morgan fingerprint density at radius 1 is 1.23 bits per heavy atom. The van der Waals surface area contributed by atoms with Crippen molar-refractivity contribution < 1.29 is 5.73 Å². The normalized spacial score (nSPS) is 19.8. The molecule has 1 nitrogen and oxygen atoms in total. The van der Waals surface area contributed by atoms with Gasteiger partial charge in [0.2, 0.25) is 0 Å². The third-order valence-electron chi connectivity index (χ3n) is 2.49. The largest absolute Gasteiger partial charge is 0.351 e. The van der Waals surface area contributed by atoms with Crippen LogP contribution in [0.4, 0.5) is 0 Å². The zero-order valence-electron chi connectivity index (χ0n) is 8.72. The van der Waals surface area contributed by atoms with E-state index in [0.29, 0.717) is 6.04 Å². The highest BCUT2D eigenvalue weighted by atomic mass is 14.6. The van der Waals surface area contributed by atoms with Crippen molar-refractivity contribution in [2.75, 3.05) is 0 Å². The summed E-state index contributed by atoms with van der Waals surface area (Å²) < 4.78 is 0. The highest BCUT2D eigenvalue weighted by molar-refractivity contribution is 5.30. The average Bonchev–Trinajstić information content (AvgIpc) is 2.22. The summed E-state index contributed by atoms with van der Waals surface area (Å²) in [6.45, 7) is 4.00. The van der Waals surface area contributed by atoms with Gasteiger partial charge in [0.15, 0.2) is 0 Å². The molecule has 0 heterocycles. The van der Waals surface area contributed by atoms with Gasteiger partial charge in [-0.2, -0.15) is 0 Å². The predicted octanol–water partition coefficient (Wildman–Crippen LogP) is 2.33. The van der Waals surface area contributed by atoms with Crippen molar-refractivity contribution in [2.45, 2.75) is 39.2 Å². The third-order valence-corrected chi connectivity index (χ3v) is 2.49. The van der Waals surface area contributed by atoms with Crippen molar-refractivity contribution in [1.82, 2.24) is 0 Å². The standard InChI is InChI=1S/C10H13N.C2H6/c11-10-7-3-5-8-4-1-2-6-9(8)10;1-2/h1-2,4,6,10H,3,5,7,11H2;1-2H3/p+1/t10-;/m1./s1. The summed E-state index contributed by atoms with van der Waals surface area (Å²) in [5.74, 6) is 0. The lowest BCUT2D eigenvalue weighted by atomic mass is 9.88. The van der Waals surface area contributed by atoms with Crippen molar-refractivity contribution in [1.29, 1.82) is 0 Å². The molecule has 0 saturated heterocycles. The molecule has 72 valence electrons. The lowest BCUT2D eigenvalue weighted by Crippen LogP contribution is -2.54. The number of hydrogen-bond donors (Lipinski definition) is 1. The molecule has 0 saturated carbocycles. The van der Waals surface area contributed by atoms with Gasteiger partial charge in [-0.05, 0) is 18.4 Å². The zero-order valence-corrected chi connectivity index (χ0v) is 8.72. The number of hydrogen-bond acceptors (Lipinski definition) is 0. The van der Waals surface area contributed by atoms with E-state index in [-0.39, 0.29) is 0 Å². The third kappa shape index (κ3) is 2.31. The summed E-state index contributed by atoms with van der Waals surface area (Å²) in [6, 6.07) is 9.22. The molecule has 1 aromatic rings. The maximum Gasteiger partial charge on any atom is 0.110 e. The Bertz CT molecular complexity index is 255. The van der Waals surface area contributed by atoms with Crippen LogP contribution in [0.3, 0.4) is 0 Å². The van der Waals surface area contributed by atoms with Crippen molar-refractivity contribution in [3.05, 3.63) is 35.4 Å². The quantitative estimate of drug-likeness (QED) is 0.631. The molecule has 1 aliphatic carbocycles. The van der Waals surface area contributed by atoms with E-state index < -0.39 is 0 Å². The zero-order chi connectivity index (χ0) is 9.68. The predicted molar refractivity (Wildman–Crippen MR) is 56.4 cm³/mol. The van der Waals surface area contributed by atoms with Crippen LogP contribution in [0.5, 0.6) is 0 Å². The van der Waals surface area contributed by atoms with Crippen LogP contribution < -0.4 is 5.73 Å². The van der Waals surface area contributed by atoms with Crippen LogP contribution in [-0.2, 0) is 6.42 Å². The minimum absolute atomic E-state index is 0.542. The average molecular weight is 178 g/mol. The van der Waals surface area contributed by atoms with E-state index >= 15 is 0 Å². The molecule has 0 amide bonds. The molecule has 0 radical (unpaired) electrons. The number of aryl methyl sites for hydroxylation is 1. The van der Waals surface area contributed by atoms with Gasteiger partial charge in [0, 0.05) is 12.0 Å². The Balaban J connectivity index is 0.000000396. The van der Waals surface area contributed by atoms with E-state index in [2.05, 4.69) is 30.0 Å². The Kier molecular flexibility index (Phi) is 3.97. The first kappa shape index (κ1) is 10.3. The van der Waals surface area contributed by atoms with Gasteiger partial charge < -0.3 is 5.73 Å². The highest BCUT2D eigenvalue weighted by Gasteiger charge is 2.17. The van der Waals surface area contributed by atoms with E-state index in [1.165, 1.54) is 30.4 Å². The van der Waals surface area contributed by atoms with Gasteiger partial charge in [-0.1, -0.05) is 38.1 Å². The topological polar surface area (TPSA) is 27.6 Å². The van der Waals surface area contributed by atoms with E-state index in [9.17, 15) is 0 Å². The van der Waals surface area contributed by atoms with Gasteiger partial charge in [-0.25, -0.2) is 0 Å². The first-order valence-electron chi connectivity index (χ1n) is 5.29. The fourth-order valence-corrected chi connectivity index (χ4v) is 1.85. The summed E-state index contributed by atoms with van der Waals surface area (Å²) >= 11 is 0. The van der Waals surface area contributed by atoms with Gasteiger partial charge >= 0.3 is 0 Å². The maximum atomic E-state index is 4.14. The molecule has 1 heteroatoms. The van der Waals surface area contributed by atoms with E-state index in [1.54, 1.807) is 0 Å². The highest BCUT2D eigenvalue weighted by Crippen LogP contribution is 2.25. The Hall–Kier alpha value is -0.820. The molecular weight excluding hydrogens is 158 g/mol. The Morgan fingerprint density at radius 2 is 1.92 bits per heavy atom. The van der Waals surface area contributed by atoms with Crippen molar-refractivity contribution >= 4 is 0 Å². The Morgan fingerprint density at radius 3 is 2.62 bits per heavy atom. The number of fused-ring (bicyclic) bond motifs is 1. The van der Waals surface area contributed by atoms with Gasteiger partial charge in [0.1, 0.15) is 6.04 Å². The van der Waals surface area contributed by atoms with E-state index in [4.69, 9.17) is 0 Å². The molecule has 0 bridgehead atoms. The van der Waals surface area contributed by atoms with Crippen LogP contribution >= 0.6 is 0 Å². The van der Waals surface area contributed by atoms with Gasteiger partial charge in [-0.3, -0.25) is 0 Å². The minimum Gasteiger partial charge on any atom is -0.351 e. The second-order valence-electron chi connectivity index (χ2n) is 3.29. The van der Waals surface area contributed by atoms with Gasteiger partial charge in [0.25, 0.3) is 0 Å². The molecule has 2 rings (SSSR count). The van der Waals surface area contributed by atoms with Crippen LogP contribution in [0, 0.1) is 0 Å². The number of rotatable bonds is 0. The second-order valence-corrected chi connectivity index (χ2v) is 3.29. The maximum absolute atomic E-state index is 4.14. The first-order valence-corrected chi connectivity index (χ1v) is 5.29. The van der Waals surface area contributed by atoms with Crippen molar-refractivity contribution in [3.63, 3.8) is 0 Å². The molecule has 0 aliphatic heterocycles. The summed E-state index contributed by atoms with van der Waals surface area (Å²) in [6.07, 6.45) is 3.82. The van der Waals surface area contributed by atoms with E-state index in [1.807, 2.05) is 13.8 Å². The minimum atomic E-state index is 0.542. The van der Waals surface area contributed by atoms with Crippen LogP contribution in [0.25, 0.3) is 0 Å². The fraction of sp³-hybridized carbons (Fsp3) is 0.500. The van der Waals surface area contributed by atoms with Crippen LogP contribution in [0.2, 0.25) is 0 Å².